The summed E-state index contributed by atoms with van der Waals surface area (Å²) in [7, 11) is 0. The second-order valence-electron chi connectivity index (χ2n) is 3.74. The van der Waals surface area contributed by atoms with Crippen LogP contribution in [-0.2, 0) is 0 Å². The van der Waals surface area contributed by atoms with Crippen molar-refractivity contribution in [1.82, 2.24) is 15.0 Å². The van der Waals surface area contributed by atoms with Gasteiger partial charge >= 0.3 is 0 Å². The van der Waals surface area contributed by atoms with Crippen molar-refractivity contribution in [2.75, 3.05) is 0 Å². The Labute approximate surface area is 73.8 Å². The van der Waals surface area contributed by atoms with Gasteiger partial charge in [0.1, 0.15) is 0 Å². The van der Waals surface area contributed by atoms with Gasteiger partial charge in [-0.15, -0.1) is 0 Å². The average Bonchev–Trinajstić information content (AvgIpc) is 2.30. The van der Waals surface area contributed by atoms with Crippen molar-refractivity contribution in [1.29, 1.82) is 0 Å². The van der Waals surface area contributed by atoms with E-state index in [2.05, 4.69) is 37.9 Å². The van der Waals surface area contributed by atoms with Crippen LogP contribution in [-0.4, -0.2) is 15.0 Å². The molecule has 1 rings (SSSR count). The molecule has 0 aliphatic heterocycles. The van der Waals surface area contributed by atoms with Crippen molar-refractivity contribution in [2.24, 2.45) is 0 Å². The lowest BCUT2D eigenvalue weighted by atomic mass is 10.1. The zero-order valence-corrected chi connectivity index (χ0v) is 8.50. The highest BCUT2D eigenvalue weighted by atomic mass is 15.5. The molecule has 0 unspecified atom stereocenters. The average molecular weight is 167 g/mol. The van der Waals surface area contributed by atoms with Gasteiger partial charge in [0.2, 0.25) is 0 Å². The molecule has 0 radical (unpaired) electrons. The van der Waals surface area contributed by atoms with Crippen molar-refractivity contribution < 1.29 is 0 Å². The Hall–Kier alpha value is -0.860. The van der Waals surface area contributed by atoms with E-state index < -0.39 is 0 Å². The highest BCUT2D eigenvalue weighted by Crippen LogP contribution is 2.15. The van der Waals surface area contributed by atoms with E-state index in [-0.39, 0.29) is 0 Å². The zero-order valence-electron chi connectivity index (χ0n) is 8.50. The number of hydrogen-bond acceptors (Lipinski definition) is 2. The van der Waals surface area contributed by atoms with Crippen molar-refractivity contribution in [3.8, 4) is 0 Å². The van der Waals surface area contributed by atoms with Crippen molar-refractivity contribution in [3.63, 3.8) is 0 Å². The van der Waals surface area contributed by atoms with E-state index in [0.717, 1.165) is 11.4 Å². The van der Waals surface area contributed by atoms with E-state index in [9.17, 15) is 0 Å². The van der Waals surface area contributed by atoms with E-state index >= 15 is 0 Å². The molecule has 0 aromatic carbocycles. The van der Waals surface area contributed by atoms with Gasteiger partial charge in [0.25, 0.3) is 0 Å². The van der Waals surface area contributed by atoms with Crippen LogP contribution < -0.4 is 0 Å². The van der Waals surface area contributed by atoms with Gasteiger partial charge in [0.15, 0.2) is 0 Å². The number of rotatable bonds is 2. The fourth-order valence-electron chi connectivity index (χ4n) is 1.17. The maximum atomic E-state index is 4.41. The first-order chi connectivity index (χ1) is 5.52. The SMILES string of the molecule is Cc1nn(C(C)C)nc1C(C)C. The molecule has 0 bridgehead atoms. The Morgan fingerprint density at radius 3 is 1.92 bits per heavy atom. The number of aryl methyl sites for hydroxylation is 1. The summed E-state index contributed by atoms with van der Waals surface area (Å²) >= 11 is 0. The van der Waals surface area contributed by atoms with Crippen LogP contribution in [0.1, 0.15) is 51.0 Å². The van der Waals surface area contributed by atoms with E-state index in [1.165, 1.54) is 0 Å². The van der Waals surface area contributed by atoms with Crippen molar-refractivity contribution >= 4 is 0 Å². The van der Waals surface area contributed by atoms with E-state index in [4.69, 9.17) is 0 Å². The largest absolute Gasteiger partial charge is 0.182 e. The maximum Gasteiger partial charge on any atom is 0.0881 e. The molecule has 68 valence electrons. The Kier molecular flexibility index (Phi) is 2.50. The van der Waals surface area contributed by atoms with Crippen LogP contribution in [0.15, 0.2) is 0 Å². The van der Waals surface area contributed by atoms with E-state index in [0.29, 0.717) is 12.0 Å². The fraction of sp³-hybridized carbons (Fsp3) is 0.778. The third-order valence-electron chi connectivity index (χ3n) is 1.84. The standard InChI is InChI=1S/C9H17N3/c1-6(2)9-8(5)10-12(11-9)7(3)4/h6-7H,1-5H3. The molecular weight excluding hydrogens is 150 g/mol. The van der Waals surface area contributed by atoms with Crippen molar-refractivity contribution in [3.05, 3.63) is 11.4 Å². The molecule has 12 heavy (non-hydrogen) atoms. The fourth-order valence-corrected chi connectivity index (χ4v) is 1.17. The highest BCUT2D eigenvalue weighted by Gasteiger charge is 2.11. The Bertz CT molecular complexity index is 261. The molecule has 0 fully saturated rings. The molecule has 0 spiro atoms. The van der Waals surface area contributed by atoms with Gasteiger partial charge in [-0.3, -0.25) is 0 Å². The monoisotopic (exact) mass is 167 g/mol. The molecule has 0 amide bonds. The van der Waals surface area contributed by atoms with Gasteiger partial charge in [-0.25, -0.2) is 0 Å². The number of nitrogens with zero attached hydrogens (tertiary/aromatic N) is 3. The van der Waals surface area contributed by atoms with Crippen LogP contribution >= 0.6 is 0 Å². The predicted octanol–water partition coefficient (Wildman–Crippen LogP) is 2.29. The topological polar surface area (TPSA) is 30.7 Å². The highest BCUT2D eigenvalue weighted by molar-refractivity contribution is 5.10. The third-order valence-corrected chi connectivity index (χ3v) is 1.84. The number of hydrogen-bond donors (Lipinski definition) is 0. The quantitative estimate of drug-likeness (QED) is 0.676. The predicted molar refractivity (Wildman–Crippen MR) is 49.2 cm³/mol. The normalized spacial score (nSPS) is 11.6. The lowest BCUT2D eigenvalue weighted by Crippen LogP contribution is -2.05. The molecule has 3 nitrogen and oxygen atoms in total. The van der Waals surface area contributed by atoms with Crippen LogP contribution in [0.2, 0.25) is 0 Å². The summed E-state index contributed by atoms with van der Waals surface area (Å²) < 4.78 is 0. The summed E-state index contributed by atoms with van der Waals surface area (Å²) in [5.74, 6) is 0.470. The molecule has 1 aromatic heterocycles. The lowest BCUT2D eigenvalue weighted by molar-refractivity contribution is 0.460. The van der Waals surface area contributed by atoms with Gasteiger partial charge in [0, 0.05) is 0 Å². The summed E-state index contributed by atoms with van der Waals surface area (Å²) in [5.41, 5.74) is 2.17. The molecule has 3 heteroatoms. The Morgan fingerprint density at radius 1 is 1.08 bits per heavy atom. The molecule has 0 saturated carbocycles. The van der Waals surface area contributed by atoms with Crippen LogP contribution in [0, 0.1) is 6.92 Å². The summed E-state index contributed by atoms with van der Waals surface area (Å²) in [5, 5.41) is 8.75. The summed E-state index contributed by atoms with van der Waals surface area (Å²) in [4.78, 5) is 1.78. The van der Waals surface area contributed by atoms with Gasteiger partial charge in [-0.1, -0.05) is 13.8 Å². The molecule has 1 heterocycles. The van der Waals surface area contributed by atoms with Gasteiger partial charge in [-0.2, -0.15) is 15.0 Å². The molecule has 0 aliphatic rings. The molecule has 0 N–H and O–H groups in total. The zero-order chi connectivity index (χ0) is 9.30. The van der Waals surface area contributed by atoms with E-state index in [1.54, 1.807) is 4.80 Å². The molecular formula is C9H17N3. The first-order valence-corrected chi connectivity index (χ1v) is 4.45. The minimum atomic E-state index is 0.358. The van der Waals surface area contributed by atoms with Crippen LogP contribution in [0.5, 0.6) is 0 Å². The van der Waals surface area contributed by atoms with Gasteiger partial charge in [-0.05, 0) is 26.7 Å². The lowest BCUT2D eigenvalue weighted by Gasteiger charge is -2.01. The number of aromatic nitrogens is 3. The van der Waals surface area contributed by atoms with Crippen molar-refractivity contribution in [2.45, 2.75) is 46.6 Å². The first-order valence-electron chi connectivity index (χ1n) is 4.45. The maximum absolute atomic E-state index is 4.41. The molecule has 0 saturated heterocycles. The van der Waals surface area contributed by atoms with Gasteiger partial charge < -0.3 is 0 Å². The van der Waals surface area contributed by atoms with Crippen LogP contribution in [0.25, 0.3) is 0 Å². The first kappa shape index (κ1) is 9.23. The summed E-state index contributed by atoms with van der Waals surface area (Å²) in [6, 6.07) is 0.358. The summed E-state index contributed by atoms with van der Waals surface area (Å²) in [6.07, 6.45) is 0. The Morgan fingerprint density at radius 2 is 1.67 bits per heavy atom. The minimum absolute atomic E-state index is 0.358. The third kappa shape index (κ3) is 1.65. The molecule has 0 aliphatic carbocycles. The second-order valence-corrected chi connectivity index (χ2v) is 3.74. The van der Waals surface area contributed by atoms with Gasteiger partial charge in [0.05, 0.1) is 17.4 Å². The van der Waals surface area contributed by atoms with Crippen LogP contribution in [0.3, 0.4) is 0 Å². The van der Waals surface area contributed by atoms with Crippen LogP contribution in [0.4, 0.5) is 0 Å². The second kappa shape index (κ2) is 3.25. The van der Waals surface area contributed by atoms with E-state index in [1.807, 2.05) is 6.92 Å². The minimum Gasteiger partial charge on any atom is -0.182 e. The Balaban J connectivity index is 3.00. The molecule has 0 atom stereocenters. The summed E-state index contributed by atoms with van der Waals surface area (Å²) in [6.45, 7) is 10.5. The molecule has 1 aromatic rings. The smallest absolute Gasteiger partial charge is 0.0881 e.